The number of ether oxygens (including phenoxy) is 7. The largest absolute Gasteiger partial charge is 0.444 e. The second kappa shape index (κ2) is 26.9. The summed E-state index contributed by atoms with van der Waals surface area (Å²) in [4.78, 5) is 52.0. The van der Waals surface area contributed by atoms with Gasteiger partial charge in [0, 0.05) is 32.6 Å². The van der Waals surface area contributed by atoms with Crippen LogP contribution in [0.1, 0.15) is 149 Å². The summed E-state index contributed by atoms with van der Waals surface area (Å²) >= 11 is 0. The Balaban J connectivity index is 5.36. The molecule has 17 heteroatoms. The van der Waals surface area contributed by atoms with Crippen molar-refractivity contribution in [3.63, 3.8) is 0 Å². The normalized spacial score (nSPS) is 13.7. The van der Waals surface area contributed by atoms with E-state index in [1.54, 1.807) is 34.6 Å². The maximum Gasteiger partial charge on any atom is 0.409 e. The molecule has 0 rings (SSSR count). The molecule has 0 aliphatic rings. The van der Waals surface area contributed by atoms with Crippen molar-refractivity contribution < 1.29 is 52.3 Å². The molecule has 1 unspecified atom stereocenters. The molecule has 0 saturated carbocycles. The molecule has 360 valence electrons. The van der Waals surface area contributed by atoms with Crippen LogP contribution in [0.3, 0.4) is 0 Å². The summed E-state index contributed by atoms with van der Waals surface area (Å²) in [6.07, 6.45) is 2.28. The minimum Gasteiger partial charge on any atom is -0.444 e. The Labute approximate surface area is 368 Å². The molecule has 0 saturated heterocycles. The minimum atomic E-state index is -1.01. The molecule has 0 aliphatic carbocycles. The van der Waals surface area contributed by atoms with E-state index >= 15 is 0 Å². The Morgan fingerprint density at radius 2 is 0.918 bits per heavy atom. The van der Waals surface area contributed by atoms with Crippen LogP contribution in [-0.4, -0.2) is 135 Å². The third-order valence-corrected chi connectivity index (χ3v) is 9.57. The summed E-state index contributed by atoms with van der Waals surface area (Å²) in [6.45, 7) is 31.5. The van der Waals surface area contributed by atoms with Crippen LogP contribution in [-0.2, 0) is 47.5 Å². The summed E-state index contributed by atoms with van der Waals surface area (Å²) in [7, 11) is 0. The van der Waals surface area contributed by atoms with Crippen molar-refractivity contribution in [2.75, 3.05) is 65.8 Å². The Kier molecular flexibility index (Phi) is 25.7. The fraction of sp³-hybridized carbons (Fsp3) is 0.909. The summed E-state index contributed by atoms with van der Waals surface area (Å²) in [5.74, 6) is -1.19. The molecule has 0 bridgehead atoms. The van der Waals surface area contributed by atoms with Crippen LogP contribution in [0.2, 0.25) is 0 Å². The predicted octanol–water partition coefficient (Wildman–Crippen LogP) is 4.61. The zero-order valence-corrected chi connectivity index (χ0v) is 40.7. The van der Waals surface area contributed by atoms with Crippen LogP contribution in [0, 0.1) is 0 Å². The fourth-order valence-corrected chi connectivity index (χ4v) is 5.56. The molecule has 0 aromatic heterocycles. The number of carbonyl (C=O) groups excluding carboxylic acids is 4. The van der Waals surface area contributed by atoms with Gasteiger partial charge in [-0.15, -0.1) is 0 Å². The van der Waals surface area contributed by atoms with Crippen LogP contribution in [0.25, 0.3) is 0 Å². The second-order valence-electron chi connectivity index (χ2n) is 20.1. The van der Waals surface area contributed by atoms with E-state index in [1.165, 1.54) is 0 Å². The quantitative estimate of drug-likeness (QED) is 0.0496. The van der Waals surface area contributed by atoms with E-state index in [9.17, 15) is 19.2 Å². The lowest BCUT2D eigenvalue weighted by Gasteiger charge is -2.31. The smallest absolute Gasteiger partial charge is 0.409 e. The van der Waals surface area contributed by atoms with Gasteiger partial charge in [0.15, 0.2) is 0 Å². The highest BCUT2D eigenvalue weighted by Crippen LogP contribution is 2.21. The van der Waals surface area contributed by atoms with Gasteiger partial charge in [0.25, 0.3) is 0 Å². The fourth-order valence-electron chi connectivity index (χ4n) is 5.56. The van der Waals surface area contributed by atoms with Gasteiger partial charge in [0.2, 0.25) is 17.7 Å². The number of hydrogen-bond acceptors (Lipinski definition) is 13. The van der Waals surface area contributed by atoms with Crippen molar-refractivity contribution in [3.05, 3.63) is 0 Å². The molecular weight excluding hydrogens is 789 g/mol. The SMILES string of the molecule is CC(C)(C)OC(=O)NC(C)(C)OCCC(C)(C)OCC(=O)NC(CCC(=O)NCCC(C)(C)OCCC(C)(C)OCCN)C(=O)NCCC(C)(C)OCCC(C)(C)OCCN. The van der Waals surface area contributed by atoms with Crippen LogP contribution in [0.15, 0.2) is 0 Å². The Morgan fingerprint density at radius 1 is 0.508 bits per heavy atom. The summed E-state index contributed by atoms with van der Waals surface area (Å²) in [5, 5.41) is 11.3. The van der Waals surface area contributed by atoms with Gasteiger partial charge >= 0.3 is 6.09 Å². The number of amides is 4. The number of rotatable bonds is 33. The molecule has 0 spiro atoms. The molecule has 0 aromatic rings. The van der Waals surface area contributed by atoms with E-state index < -0.39 is 52.1 Å². The Hall–Kier alpha value is -2.64. The zero-order valence-electron chi connectivity index (χ0n) is 40.7. The van der Waals surface area contributed by atoms with Crippen molar-refractivity contribution in [3.8, 4) is 0 Å². The first-order valence-corrected chi connectivity index (χ1v) is 21.9. The zero-order chi connectivity index (χ0) is 47.2. The van der Waals surface area contributed by atoms with E-state index in [0.717, 1.165) is 0 Å². The average Bonchev–Trinajstić information content (AvgIpc) is 3.08. The number of nitrogens with two attached hydrogens (primary N) is 2. The van der Waals surface area contributed by atoms with Gasteiger partial charge < -0.3 is 60.6 Å². The Bertz CT molecular complexity index is 1300. The van der Waals surface area contributed by atoms with Gasteiger partial charge in [-0.2, -0.15) is 0 Å². The molecule has 8 N–H and O–H groups in total. The highest BCUT2D eigenvalue weighted by atomic mass is 16.6. The first kappa shape index (κ1) is 58.4. The number of hydrogen-bond donors (Lipinski definition) is 6. The Morgan fingerprint density at radius 3 is 1.38 bits per heavy atom. The highest BCUT2D eigenvalue weighted by Gasteiger charge is 2.30. The van der Waals surface area contributed by atoms with Gasteiger partial charge in [0.05, 0.1) is 61.0 Å². The predicted molar refractivity (Wildman–Crippen MR) is 238 cm³/mol. The average molecular weight is 877 g/mol. The molecule has 0 aromatic carbocycles. The second-order valence-corrected chi connectivity index (χ2v) is 20.1. The van der Waals surface area contributed by atoms with E-state index in [4.69, 9.17) is 44.6 Å². The van der Waals surface area contributed by atoms with Gasteiger partial charge in [-0.25, -0.2) is 4.79 Å². The number of alkyl carbamates (subject to hydrolysis) is 1. The third-order valence-electron chi connectivity index (χ3n) is 9.57. The molecular formula is C44H88N6O11. The van der Waals surface area contributed by atoms with Gasteiger partial charge in [0.1, 0.15) is 24.0 Å². The number of carbonyl (C=O) groups is 4. The lowest BCUT2D eigenvalue weighted by atomic mass is 10.0. The van der Waals surface area contributed by atoms with Crippen molar-refractivity contribution in [1.29, 1.82) is 0 Å². The maximum atomic E-state index is 13.5. The monoisotopic (exact) mass is 877 g/mol. The standard InChI is InChI=1S/C44H88N6O11/c1-38(2,3)61-37(54)50-44(14,15)59-29-22-43(12,13)60-32-35(52)49-33(36(53)48-26-19-40(6,7)56-28-21-42(10,11)58-31-24-46)16-17-34(51)47-25-18-39(4,5)55-27-20-41(8,9)57-30-23-45/h33H,16-32,45-46H2,1-15H3,(H,47,51)(H,48,53)(H,49,52)(H,50,54). The highest BCUT2D eigenvalue weighted by molar-refractivity contribution is 5.88. The molecule has 4 amide bonds. The van der Waals surface area contributed by atoms with E-state index in [0.29, 0.717) is 78.2 Å². The van der Waals surface area contributed by atoms with Crippen LogP contribution >= 0.6 is 0 Å². The van der Waals surface area contributed by atoms with Crippen molar-refractivity contribution in [2.24, 2.45) is 11.5 Å². The maximum absolute atomic E-state index is 13.5. The van der Waals surface area contributed by atoms with Crippen molar-refractivity contribution in [2.45, 2.75) is 194 Å². The van der Waals surface area contributed by atoms with Crippen LogP contribution in [0.4, 0.5) is 4.79 Å². The molecule has 17 nitrogen and oxygen atoms in total. The van der Waals surface area contributed by atoms with Gasteiger partial charge in [-0.05, 0) is 142 Å². The first-order chi connectivity index (χ1) is 27.8. The minimum absolute atomic E-state index is 0.000252. The molecule has 0 heterocycles. The van der Waals surface area contributed by atoms with Crippen LogP contribution in [0.5, 0.6) is 0 Å². The first-order valence-electron chi connectivity index (χ1n) is 21.9. The van der Waals surface area contributed by atoms with Gasteiger partial charge in [-0.3, -0.25) is 19.7 Å². The van der Waals surface area contributed by atoms with Crippen LogP contribution < -0.4 is 32.7 Å². The summed E-state index contributed by atoms with van der Waals surface area (Å²) < 4.78 is 41.0. The summed E-state index contributed by atoms with van der Waals surface area (Å²) in [5.41, 5.74) is 6.90. The topological polar surface area (TPSA) is 233 Å². The van der Waals surface area contributed by atoms with E-state index in [2.05, 4.69) is 21.3 Å². The van der Waals surface area contributed by atoms with Gasteiger partial charge in [-0.1, -0.05) is 0 Å². The number of nitrogens with one attached hydrogen (secondary N) is 4. The van der Waals surface area contributed by atoms with E-state index in [1.807, 2.05) is 69.2 Å². The van der Waals surface area contributed by atoms with E-state index in [-0.39, 0.29) is 49.7 Å². The molecule has 0 radical (unpaired) electrons. The third kappa shape index (κ3) is 31.8. The molecule has 0 aliphatic heterocycles. The summed E-state index contributed by atoms with van der Waals surface area (Å²) in [6, 6.07) is -0.998. The lowest BCUT2D eigenvalue weighted by Crippen LogP contribution is -2.49. The van der Waals surface area contributed by atoms with Crippen molar-refractivity contribution in [1.82, 2.24) is 21.3 Å². The lowest BCUT2D eigenvalue weighted by molar-refractivity contribution is -0.137. The molecule has 1 atom stereocenters. The molecule has 0 fully saturated rings. The molecule has 61 heavy (non-hydrogen) atoms. The van der Waals surface area contributed by atoms with Crippen molar-refractivity contribution >= 4 is 23.8 Å².